The lowest BCUT2D eigenvalue weighted by molar-refractivity contribution is 0.187. The van der Waals surface area contributed by atoms with Crippen molar-refractivity contribution in [2.45, 2.75) is 44.3 Å². The number of benzene rings is 1. The number of nitriles is 1. The van der Waals surface area contributed by atoms with Gasteiger partial charge in [0, 0.05) is 72.7 Å². The number of fused-ring (bicyclic) bond motifs is 2. The minimum atomic E-state index is 0.144. The molecule has 0 spiro atoms. The van der Waals surface area contributed by atoms with Crippen LogP contribution in [-0.2, 0) is 13.0 Å². The van der Waals surface area contributed by atoms with Crippen molar-refractivity contribution in [3.63, 3.8) is 0 Å². The molecule has 0 bridgehead atoms. The van der Waals surface area contributed by atoms with E-state index in [0.29, 0.717) is 31.6 Å². The number of pyridine rings is 1. The molecule has 0 unspecified atom stereocenters. The highest BCUT2D eigenvalue weighted by molar-refractivity contribution is 5.93. The van der Waals surface area contributed by atoms with Gasteiger partial charge in [0.15, 0.2) is 0 Å². The average molecular weight is 499 g/mol. The van der Waals surface area contributed by atoms with Gasteiger partial charge in [-0.2, -0.15) is 15.2 Å². The number of piperazine rings is 1. The Kier molecular flexibility index (Phi) is 6.77. The number of anilines is 2. The quantitative estimate of drug-likeness (QED) is 0.551. The molecule has 6 rings (SSSR count). The van der Waals surface area contributed by atoms with Crippen LogP contribution in [0.2, 0.25) is 0 Å². The van der Waals surface area contributed by atoms with Gasteiger partial charge in [-0.1, -0.05) is 12.1 Å². The highest BCUT2D eigenvalue weighted by Crippen LogP contribution is 2.34. The minimum Gasteiger partial charge on any atom is -0.462 e. The van der Waals surface area contributed by atoms with Crippen molar-refractivity contribution < 1.29 is 4.74 Å². The molecule has 2 fully saturated rings. The maximum absolute atomic E-state index is 9.25. The molecular weight excluding hydrogens is 464 g/mol. The third-order valence-corrected chi connectivity index (χ3v) is 7.99. The standard InChI is InChI=1S/C28H34N8O/c1-34-13-3-5-22(34)19-37-28-32-25-18-35(26-6-2-4-20-16-30-11-8-23(20)26)14-9-24(25)27(33-28)36-15-12-31-21(17-36)7-10-29/h2,4,6,8,11,16,21-22,31H,3,5,7,9,12-15,17-19H2,1H3/t21-,22-/m0/s1. The van der Waals surface area contributed by atoms with E-state index >= 15 is 0 Å². The van der Waals surface area contributed by atoms with E-state index in [1.54, 1.807) is 0 Å². The second-order valence-corrected chi connectivity index (χ2v) is 10.3. The monoisotopic (exact) mass is 498 g/mol. The second-order valence-electron chi connectivity index (χ2n) is 10.3. The Hall–Kier alpha value is -3.48. The van der Waals surface area contributed by atoms with Crippen molar-refractivity contribution in [1.29, 1.82) is 5.26 Å². The van der Waals surface area contributed by atoms with Gasteiger partial charge in [-0.25, -0.2) is 0 Å². The fourth-order valence-corrected chi connectivity index (χ4v) is 5.93. The normalized spacial score (nSPS) is 22.2. The van der Waals surface area contributed by atoms with Crippen LogP contribution in [0.25, 0.3) is 10.8 Å². The molecule has 2 aromatic heterocycles. The van der Waals surface area contributed by atoms with E-state index in [0.717, 1.165) is 62.5 Å². The van der Waals surface area contributed by atoms with Gasteiger partial charge in [-0.3, -0.25) is 4.98 Å². The van der Waals surface area contributed by atoms with Crippen LogP contribution in [-0.4, -0.2) is 78.3 Å². The number of ether oxygens (including phenoxy) is 1. The first-order chi connectivity index (χ1) is 18.2. The predicted octanol–water partition coefficient (Wildman–Crippen LogP) is 2.75. The summed E-state index contributed by atoms with van der Waals surface area (Å²) in [4.78, 5) is 21.3. The summed E-state index contributed by atoms with van der Waals surface area (Å²) in [6, 6.07) is 11.8. The van der Waals surface area contributed by atoms with Crippen LogP contribution in [0.4, 0.5) is 11.5 Å². The lowest BCUT2D eigenvalue weighted by Gasteiger charge is -2.37. The summed E-state index contributed by atoms with van der Waals surface area (Å²) < 4.78 is 6.26. The minimum absolute atomic E-state index is 0.144. The van der Waals surface area contributed by atoms with E-state index in [1.807, 2.05) is 12.4 Å². The molecule has 2 atom stereocenters. The first-order valence-electron chi connectivity index (χ1n) is 13.4. The Morgan fingerprint density at radius 2 is 2.11 bits per heavy atom. The van der Waals surface area contributed by atoms with E-state index in [-0.39, 0.29) is 6.04 Å². The van der Waals surface area contributed by atoms with E-state index in [2.05, 4.69) is 62.4 Å². The SMILES string of the molecule is CN1CCC[C@H]1COc1nc2c(c(N3CCN[C@@H](CC#N)C3)n1)CCN(c1cccc3cnccc13)C2. The molecular formula is C28H34N8O. The van der Waals surface area contributed by atoms with E-state index in [9.17, 15) is 5.26 Å². The fourth-order valence-electron chi connectivity index (χ4n) is 5.93. The van der Waals surface area contributed by atoms with E-state index in [1.165, 1.54) is 23.1 Å². The van der Waals surface area contributed by atoms with Crippen LogP contribution in [0.1, 0.15) is 30.5 Å². The summed E-state index contributed by atoms with van der Waals surface area (Å²) in [7, 11) is 2.16. The number of nitrogens with zero attached hydrogens (tertiary/aromatic N) is 7. The van der Waals surface area contributed by atoms with Gasteiger partial charge in [0.2, 0.25) is 0 Å². The summed E-state index contributed by atoms with van der Waals surface area (Å²) >= 11 is 0. The first kappa shape index (κ1) is 23.9. The zero-order valence-electron chi connectivity index (χ0n) is 21.4. The van der Waals surface area contributed by atoms with Gasteiger partial charge in [-0.15, -0.1) is 0 Å². The zero-order valence-corrected chi connectivity index (χ0v) is 21.4. The van der Waals surface area contributed by atoms with Crippen molar-refractivity contribution in [3.05, 3.63) is 47.9 Å². The van der Waals surface area contributed by atoms with Gasteiger partial charge < -0.3 is 24.8 Å². The van der Waals surface area contributed by atoms with Crippen molar-refractivity contribution in [1.82, 2.24) is 25.2 Å². The van der Waals surface area contributed by atoms with Gasteiger partial charge in [0.25, 0.3) is 0 Å². The third-order valence-electron chi connectivity index (χ3n) is 7.99. The van der Waals surface area contributed by atoms with Gasteiger partial charge in [0.05, 0.1) is 24.7 Å². The molecule has 9 nitrogen and oxygen atoms in total. The van der Waals surface area contributed by atoms with Crippen LogP contribution < -0.4 is 19.9 Å². The highest BCUT2D eigenvalue weighted by atomic mass is 16.5. The van der Waals surface area contributed by atoms with Crippen LogP contribution in [0.15, 0.2) is 36.7 Å². The molecule has 0 radical (unpaired) electrons. The largest absolute Gasteiger partial charge is 0.462 e. The first-order valence-corrected chi connectivity index (χ1v) is 13.4. The topological polar surface area (TPSA) is 93.4 Å². The summed E-state index contributed by atoms with van der Waals surface area (Å²) in [6.45, 7) is 5.78. The van der Waals surface area contributed by atoms with Gasteiger partial charge >= 0.3 is 6.01 Å². The Balaban J connectivity index is 1.32. The van der Waals surface area contributed by atoms with Crippen LogP contribution in [0.5, 0.6) is 6.01 Å². The molecule has 5 heterocycles. The number of hydrogen-bond acceptors (Lipinski definition) is 9. The highest BCUT2D eigenvalue weighted by Gasteiger charge is 2.29. The number of likely N-dealkylation sites (tertiary alicyclic amines) is 1. The summed E-state index contributed by atoms with van der Waals surface area (Å²) in [6.07, 6.45) is 7.49. The Labute approximate surface area is 218 Å². The maximum atomic E-state index is 9.25. The Morgan fingerprint density at radius 3 is 2.97 bits per heavy atom. The lowest BCUT2D eigenvalue weighted by atomic mass is 10.0. The van der Waals surface area contributed by atoms with Crippen LogP contribution in [0, 0.1) is 11.3 Å². The molecule has 1 aromatic carbocycles. The second kappa shape index (κ2) is 10.5. The number of rotatable bonds is 6. The summed E-state index contributed by atoms with van der Waals surface area (Å²) in [5.41, 5.74) is 3.45. The zero-order chi connectivity index (χ0) is 25.2. The maximum Gasteiger partial charge on any atom is 0.318 e. The molecule has 0 saturated carbocycles. The fraction of sp³-hybridized carbons (Fsp3) is 0.500. The van der Waals surface area contributed by atoms with Gasteiger partial charge in [-0.05, 0) is 45.0 Å². The Morgan fingerprint density at radius 1 is 1.16 bits per heavy atom. The van der Waals surface area contributed by atoms with Crippen LogP contribution >= 0.6 is 0 Å². The molecule has 1 N–H and O–H groups in total. The molecule has 2 saturated heterocycles. The number of likely N-dealkylation sites (N-methyl/N-ethyl adjacent to an activating group) is 1. The van der Waals surface area contributed by atoms with Gasteiger partial charge in [0.1, 0.15) is 12.4 Å². The smallest absolute Gasteiger partial charge is 0.318 e. The van der Waals surface area contributed by atoms with Crippen molar-refractivity contribution in [2.24, 2.45) is 0 Å². The average Bonchev–Trinajstić information content (AvgIpc) is 3.35. The lowest BCUT2D eigenvalue weighted by Crippen LogP contribution is -2.51. The summed E-state index contributed by atoms with van der Waals surface area (Å²) in [5, 5.41) is 15.1. The number of hydrogen-bond donors (Lipinski definition) is 1. The molecule has 3 aromatic rings. The van der Waals surface area contributed by atoms with Crippen molar-refractivity contribution >= 4 is 22.3 Å². The molecule has 9 heteroatoms. The van der Waals surface area contributed by atoms with E-state index in [4.69, 9.17) is 14.7 Å². The predicted molar refractivity (Wildman–Crippen MR) is 144 cm³/mol. The van der Waals surface area contributed by atoms with E-state index < -0.39 is 0 Å². The molecule has 192 valence electrons. The third kappa shape index (κ3) is 4.91. The number of aromatic nitrogens is 3. The van der Waals surface area contributed by atoms with Crippen LogP contribution in [0.3, 0.4) is 0 Å². The molecule has 3 aliphatic heterocycles. The Bertz CT molecular complexity index is 1300. The molecule has 0 aliphatic carbocycles. The number of nitrogens with one attached hydrogen (secondary N) is 1. The molecule has 3 aliphatic rings. The van der Waals surface area contributed by atoms with Crippen molar-refractivity contribution in [3.8, 4) is 12.1 Å². The molecule has 0 amide bonds. The molecule has 37 heavy (non-hydrogen) atoms. The summed E-state index contributed by atoms with van der Waals surface area (Å²) in [5.74, 6) is 0.978. The van der Waals surface area contributed by atoms with Crippen molar-refractivity contribution in [2.75, 3.05) is 56.2 Å².